The molecule has 0 spiro atoms. The molecule has 3 aliphatic rings. The molecule has 8 atom stereocenters. The van der Waals surface area contributed by atoms with Crippen LogP contribution in [0.3, 0.4) is 0 Å². The molecule has 4 nitrogen and oxygen atoms in total. The average molecular weight is 415 g/mol. The molecule has 0 bridgehead atoms. The molecule has 3 aliphatic heterocycles. The molecular formula is C19H26O4S3. The zero-order chi connectivity index (χ0) is 18.1. The van der Waals surface area contributed by atoms with E-state index in [0.29, 0.717) is 15.1 Å². The Morgan fingerprint density at radius 1 is 1.08 bits per heavy atom. The summed E-state index contributed by atoms with van der Waals surface area (Å²) in [4.78, 5) is 0. The molecule has 4 rings (SSSR count). The van der Waals surface area contributed by atoms with Crippen LogP contribution < -0.4 is 0 Å². The lowest BCUT2D eigenvalue weighted by Gasteiger charge is -2.15. The molecule has 1 aromatic carbocycles. The monoisotopic (exact) mass is 414 g/mol. The Bertz CT molecular complexity index is 589. The standard InChI is InChI=1S/C19H26O4S3/c1-20-17-14(22-17)12(24)9-6-10-13(15-18(21-2)23-15)25-19-16(26-19)11-7-4-3-5-8-11/h3-5,7-8,12-19,24H,6,9-10H2,1-2H3. The number of thioether (sulfide) groups is 2. The predicted octanol–water partition coefficient (Wildman–Crippen LogP) is 4.11. The van der Waals surface area contributed by atoms with Crippen molar-refractivity contribution in [3.63, 3.8) is 0 Å². The fraction of sp³-hybridized carbons (Fsp3) is 0.684. The highest BCUT2D eigenvalue weighted by atomic mass is 32.2. The van der Waals surface area contributed by atoms with Crippen molar-refractivity contribution in [2.24, 2.45) is 0 Å². The van der Waals surface area contributed by atoms with Crippen molar-refractivity contribution in [2.75, 3.05) is 14.2 Å². The van der Waals surface area contributed by atoms with Crippen molar-refractivity contribution in [1.82, 2.24) is 0 Å². The first-order chi connectivity index (χ1) is 12.7. The molecule has 1 aromatic rings. The van der Waals surface area contributed by atoms with Crippen LogP contribution in [-0.4, -0.2) is 54.1 Å². The van der Waals surface area contributed by atoms with Crippen molar-refractivity contribution in [3.05, 3.63) is 35.9 Å². The van der Waals surface area contributed by atoms with Crippen LogP contribution in [0.5, 0.6) is 0 Å². The van der Waals surface area contributed by atoms with Crippen LogP contribution in [0.15, 0.2) is 30.3 Å². The summed E-state index contributed by atoms with van der Waals surface area (Å²) >= 11 is 8.79. The molecule has 7 heteroatoms. The topological polar surface area (TPSA) is 43.5 Å². The minimum atomic E-state index is -0.0539. The van der Waals surface area contributed by atoms with Crippen LogP contribution in [-0.2, 0) is 18.9 Å². The number of benzene rings is 1. The zero-order valence-electron chi connectivity index (χ0n) is 15.0. The van der Waals surface area contributed by atoms with E-state index in [4.69, 9.17) is 18.9 Å². The van der Waals surface area contributed by atoms with Gasteiger partial charge in [0.15, 0.2) is 12.6 Å². The van der Waals surface area contributed by atoms with Gasteiger partial charge in [-0.2, -0.15) is 12.6 Å². The highest BCUT2D eigenvalue weighted by Gasteiger charge is 2.50. The van der Waals surface area contributed by atoms with E-state index in [0.717, 1.165) is 19.3 Å². The fourth-order valence-electron chi connectivity index (χ4n) is 3.39. The number of hydrogen-bond acceptors (Lipinski definition) is 7. The highest BCUT2D eigenvalue weighted by Crippen LogP contribution is 2.62. The Morgan fingerprint density at radius 2 is 1.77 bits per heavy atom. The van der Waals surface area contributed by atoms with E-state index >= 15 is 0 Å². The summed E-state index contributed by atoms with van der Waals surface area (Å²) in [6.07, 6.45) is 3.57. The number of rotatable bonds is 11. The van der Waals surface area contributed by atoms with Crippen LogP contribution in [0.4, 0.5) is 0 Å². The second-order valence-electron chi connectivity index (χ2n) is 6.92. The Balaban J connectivity index is 1.24. The van der Waals surface area contributed by atoms with Gasteiger partial charge in [-0.25, -0.2) is 0 Å². The van der Waals surface area contributed by atoms with Crippen molar-refractivity contribution >= 4 is 36.2 Å². The summed E-state index contributed by atoms with van der Waals surface area (Å²) in [5.41, 5.74) is 1.43. The third-order valence-electron chi connectivity index (χ3n) is 5.05. The van der Waals surface area contributed by atoms with Gasteiger partial charge < -0.3 is 18.9 Å². The van der Waals surface area contributed by atoms with E-state index in [1.54, 1.807) is 14.2 Å². The lowest BCUT2D eigenvalue weighted by atomic mass is 10.1. The third kappa shape index (κ3) is 4.74. The summed E-state index contributed by atoms with van der Waals surface area (Å²) in [5.74, 6) is 0. The van der Waals surface area contributed by atoms with Crippen LogP contribution in [0, 0.1) is 0 Å². The summed E-state index contributed by atoms with van der Waals surface area (Å²) in [6, 6.07) is 10.8. The Morgan fingerprint density at radius 3 is 2.42 bits per heavy atom. The highest BCUT2D eigenvalue weighted by molar-refractivity contribution is 8.23. The van der Waals surface area contributed by atoms with Gasteiger partial charge in [0.2, 0.25) is 0 Å². The minimum Gasteiger partial charge on any atom is -0.353 e. The first kappa shape index (κ1) is 19.4. The van der Waals surface area contributed by atoms with Gasteiger partial charge in [0.05, 0.1) is 9.83 Å². The molecular weight excluding hydrogens is 388 g/mol. The second-order valence-corrected chi connectivity index (χ2v) is 10.6. The quantitative estimate of drug-likeness (QED) is 0.434. The zero-order valence-corrected chi connectivity index (χ0v) is 17.6. The van der Waals surface area contributed by atoms with Crippen molar-refractivity contribution < 1.29 is 18.9 Å². The maximum atomic E-state index is 5.73. The molecule has 0 amide bonds. The van der Waals surface area contributed by atoms with Gasteiger partial charge >= 0.3 is 0 Å². The van der Waals surface area contributed by atoms with E-state index in [2.05, 4.69) is 54.7 Å². The van der Waals surface area contributed by atoms with E-state index in [9.17, 15) is 0 Å². The summed E-state index contributed by atoms with van der Waals surface area (Å²) in [6.45, 7) is 0. The third-order valence-corrected chi connectivity index (χ3v) is 8.90. The molecule has 3 heterocycles. The minimum absolute atomic E-state index is 0.0251. The Labute approximate surface area is 169 Å². The smallest absolute Gasteiger partial charge is 0.185 e. The van der Waals surface area contributed by atoms with E-state index in [-0.39, 0.29) is 30.0 Å². The van der Waals surface area contributed by atoms with Gasteiger partial charge in [0.1, 0.15) is 12.2 Å². The number of epoxide rings is 2. The van der Waals surface area contributed by atoms with Crippen LogP contribution in [0.2, 0.25) is 0 Å². The molecule has 0 radical (unpaired) electrons. The van der Waals surface area contributed by atoms with Gasteiger partial charge in [0, 0.05) is 24.7 Å². The van der Waals surface area contributed by atoms with Crippen molar-refractivity contribution in [1.29, 1.82) is 0 Å². The summed E-state index contributed by atoms with van der Waals surface area (Å²) in [5, 5.41) is 1.34. The molecule has 0 N–H and O–H groups in total. The first-order valence-corrected chi connectivity index (χ1v) is 11.5. The molecule has 0 aliphatic carbocycles. The molecule has 0 aromatic heterocycles. The second kappa shape index (κ2) is 8.64. The maximum absolute atomic E-state index is 5.73. The molecule has 26 heavy (non-hydrogen) atoms. The van der Waals surface area contributed by atoms with Gasteiger partial charge in [-0.15, -0.1) is 23.5 Å². The molecule has 3 fully saturated rings. The van der Waals surface area contributed by atoms with Gasteiger partial charge in [0.25, 0.3) is 0 Å². The van der Waals surface area contributed by atoms with Crippen molar-refractivity contribution in [2.45, 2.75) is 64.4 Å². The van der Waals surface area contributed by atoms with E-state index in [1.165, 1.54) is 5.56 Å². The number of methoxy groups -OCH3 is 2. The van der Waals surface area contributed by atoms with Gasteiger partial charge in [-0.3, -0.25) is 0 Å². The number of thiol groups is 1. The lowest BCUT2D eigenvalue weighted by Crippen LogP contribution is -2.17. The number of hydrogen-bond donors (Lipinski definition) is 1. The average Bonchev–Trinajstić information content (AvgIpc) is 3.55. The van der Waals surface area contributed by atoms with Crippen molar-refractivity contribution in [3.8, 4) is 0 Å². The van der Waals surface area contributed by atoms with Crippen LogP contribution in [0.1, 0.15) is 30.1 Å². The van der Waals surface area contributed by atoms with E-state index in [1.807, 2.05) is 11.8 Å². The fourth-order valence-corrected chi connectivity index (χ4v) is 6.98. The van der Waals surface area contributed by atoms with Crippen LogP contribution in [0.25, 0.3) is 0 Å². The summed E-state index contributed by atoms with van der Waals surface area (Å²) < 4.78 is 22.4. The maximum Gasteiger partial charge on any atom is 0.185 e. The Kier molecular flexibility index (Phi) is 6.45. The first-order valence-electron chi connectivity index (χ1n) is 9.11. The molecule has 3 saturated heterocycles. The van der Waals surface area contributed by atoms with Gasteiger partial charge in [-0.05, 0) is 18.4 Å². The largest absolute Gasteiger partial charge is 0.353 e. The van der Waals surface area contributed by atoms with E-state index < -0.39 is 0 Å². The predicted molar refractivity (Wildman–Crippen MR) is 110 cm³/mol. The number of ether oxygens (including phenoxy) is 4. The van der Waals surface area contributed by atoms with Gasteiger partial charge in [-0.1, -0.05) is 36.8 Å². The normalized spacial score (nSPS) is 37.2. The van der Waals surface area contributed by atoms with Crippen LogP contribution >= 0.6 is 36.2 Å². The molecule has 144 valence electrons. The SMILES string of the molecule is COC1OC1C(S)CCCC(SC1SC1c1ccccc1)C1OC1OC. The lowest BCUT2D eigenvalue weighted by molar-refractivity contribution is 0.0948. The Hall–Kier alpha value is 0.110. The summed E-state index contributed by atoms with van der Waals surface area (Å²) in [7, 11) is 3.41. The molecule has 0 saturated carbocycles. The molecule has 8 unspecified atom stereocenters.